The molecule has 0 aliphatic heterocycles. The van der Waals surface area contributed by atoms with E-state index < -0.39 is 6.10 Å². The number of unbranched alkanes of at least 4 members (excludes halogenated alkanes) is 35. The third-order valence-corrected chi connectivity index (χ3v) is 13.1. The first kappa shape index (κ1) is 65.4. The summed E-state index contributed by atoms with van der Waals surface area (Å²) in [5.74, 6) is -0.880. The van der Waals surface area contributed by atoms with Gasteiger partial charge in [-0.2, -0.15) is 0 Å². The second-order valence-electron chi connectivity index (χ2n) is 19.9. The van der Waals surface area contributed by atoms with Gasteiger partial charge in [0.2, 0.25) is 0 Å². The second kappa shape index (κ2) is 57.0. The highest BCUT2D eigenvalue weighted by Crippen LogP contribution is 2.16. The molecular formula is C62H112O6. The zero-order chi connectivity index (χ0) is 49.3. The number of esters is 3. The van der Waals surface area contributed by atoms with Gasteiger partial charge in [-0.15, -0.1) is 0 Å². The van der Waals surface area contributed by atoms with Crippen molar-refractivity contribution in [2.45, 2.75) is 316 Å². The normalized spacial score (nSPS) is 12.3. The van der Waals surface area contributed by atoms with Crippen molar-refractivity contribution in [3.63, 3.8) is 0 Å². The molecule has 0 aliphatic rings. The molecule has 0 amide bonds. The number of hydrogen-bond donors (Lipinski definition) is 0. The number of rotatable bonds is 54. The summed E-state index contributed by atoms with van der Waals surface area (Å²) in [6.07, 6.45) is 69.6. The van der Waals surface area contributed by atoms with Crippen LogP contribution in [0.2, 0.25) is 0 Å². The maximum Gasteiger partial charge on any atom is 0.306 e. The lowest BCUT2D eigenvalue weighted by Crippen LogP contribution is -2.30. The molecular weight excluding hydrogens is 841 g/mol. The molecule has 0 heterocycles. The highest BCUT2D eigenvalue weighted by Gasteiger charge is 2.19. The maximum atomic E-state index is 12.9. The molecule has 0 saturated heterocycles. The van der Waals surface area contributed by atoms with E-state index in [0.717, 1.165) is 77.0 Å². The molecule has 0 saturated carbocycles. The van der Waals surface area contributed by atoms with Crippen LogP contribution in [0.25, 0.3) is 0 Å². The molecule has 0 rings (SSSR count). The Morgan fingerprint density at radius 1 is 0.294 bits per heavy atom. The largest absolute Gasteiger partial charge is 0.462 e. The Labute approximate surface area is 422 Å². The van der Waals surface area contributed by atoms with Crippen LogP contribution in [0.5, 0.6) is 0 Å². The second-order valence-corrected chi connectivity index (χ2v) is 19.9. The van der Waals surface area contributed by atoms with Gasteiger partial charge in [0.1, 0.15) is 13.2 Å². The first-order chi connectivity index (χ1) is 33.5. The Hall–Kier alpha value is -2.63. The molecule has 0 aromatic rings. The minimum Gasteiger partial charge on any atom is -0.462 e. The molecule has 0 N–H and O–H groups in total. The van der Waals surface area contributed by atoms with Gasteiger partial charge in [0.15, 0.2) is 6.10 Å². The van der Waals surface area contributed by atoms with Crippen LogP contribution in [0.1, 0.15) is 310 Å². The van der Waals surface area contributed by atoms with Crippen molar-refractivity contribution in [1.82, 2.24) is 0 Å². The first-order valence-corrected chi connectivity index (χ1v) is 29.6. The summed E-state index contributed by atoms with van der Waals surface area (Å²) in [6.45, 7) is 6.64. The Kier molecular flexibility index (Phi) is 54.8. The van der Waals surface area contributed by atoms with Crippen molar-refractivity contribution >= 4 is 17.9 Å². The fourth-order valence-electron chi connectivity index (χ4n) is 8.56. The van der Waals surface area contributed by atoms with Crippen LogP contribution in [0, 0.1) is 0 Å². The van der Waals surface area contributed by atoms with Crippen LogP contribution in [0.15, 0.2) is 48.6 Å². The fraction of sp³-hybridized carbons (Fsp3) is 0.823. The van der Waals surface area contributed by atoms with E-state index in [1.165, 1.54) is 193 Å². The summed E-state index contributed by atoms with van der Waals surface area (Å²) in [7, 11) is 0. The molecule has 1 atom stereocenters. The van der Waals surface area contributed by atoms with E-state index in [9.17, 15) is 14.4 Å². The standard InChI is InChI=1S/C62H112O6/c1-4-7-10-13-16-19-22-24-26-28-30-31-32-34-35-37-40-43-46-49-52-55-61(64)67-58-59(57-66-60(63)54-51-48-45-42-39-21-18-15-12-9-6-3)68-62(65)56-53-50-47-44-41-38-36-33-29-27-25-23-20-17-14-11-8-5-2/h22,24,27-30,32,34,59H,4-21,23,25-26,31,33,35-58H2,1-3H3/b24-22-,29-27-,30-28-,34-32-. The van der Waals surface area contributed by atoms with Crippen LogP contribution in [0.4, 0.5) is 0 Å². The lowest BCUT2D eigenvalue weighted by Gasteiger charge is -2.18. The minimum atomic E-state index is -0.778. The van der Waals surface area contributed by atoms with E-state index >= 15 is 0 Å². The predicted molar refractivity (Wildman–Crippen MR) is 293 cm³/mol. The topological polar surface area (TPSA) is 78.9 Å². The van der Waals surface area contributed by atoms with Gasteiger partial charge >= 0.3 is 17.9 Å². The van der Waals surface area contributed by atoms with Crippen LogP contribution < -0.4 is 0 Å². The molecule has 6 nitrogen and oxygen atoms in total. The average molecular weight is 954 g/mol. The molecule has 0 aromatic heterocycles. The molecule has 0 aromatic carbocycles. The maximum absolute atomic E-state index is 12.9. The van der Waals surface area contributed by atoms with E-state index in [4.69, 9.17) is 14.2 Å². The summed E-state index contributed by atoms with van der Waals surface area (Å²) >= 11 is 0. The number of hydrogen-bond acceptors (Lipinski definition) is 6. The SMILES string of the molecule is CCCCCCC/C=C\C/C=C\C/C=C\CCCCCCCCC(=O)OCC(COC(=O)CCCCCCCCCCCCC)OC(=O)CCCCCCCCC/C=C\CCCCCCCCC. The minimum absolute atomic E-state index is 0.0763. The molecule has 68 heavy (non-hydrogen) atoms. The van der Waals surface area contributed by atoms with Gasteiger partial charge in [0.05, 0.1) is 0 Å². The van der Waals surface area contributed by atoms with E-state index in [1.54, 1.807) is 0 Å². The van der Waals surface area contributed by atoms with Gasteiger partial charge in [-0.05, 0) is 83.5 Å². The molecule has 0 bridgehead atoms. The van der Waals surface area contributed by atoms with Crippen molar-refractivity contribution in [3.8, 4) is 0 Å². The number of carbonyl (C=O) groups is 3. The molecule has 6 heteroatoms. The van der Waals surface area contributed by atoms with Gasteiger partial charge in [-0.3, -0.25) is 14.4 Å². The summed E-state index contributed by atoms with van der Waals surface area (Å²) in [5, 5.41) is 0. The summed E-state index contributed by atoms with van der Waals surface area (Å²) in [6, 6.07) is 0. The van der Waals surface area contributed by atoms with E-state index in [2.05, 4.69) is 69.4 Å². The van der Waals surface area contributed by atoms with Crippen LogP contribution in [-0.4, -0.2) is 37.2 Å². The molecule has 0 fully saturated rings. The van der Waals surface area contributed by atoms with Crippen molar-refractivity contribution < 1.29 is 28.6 Å². The monoisotopic (exact) mass is 953 g/mol. The van der Waals surface area contributed by atoms with Crippen molar-refractivity contribution in [2.75, 3.05) is 13.2 Å². The Bertz CT molecular complexity index is 1190. The zero-order valence-corrected chi connectivity index (χ0v) is 45.4. The van der Waals surface area contributed by atoms with Gasteiger partial charge in [0, 0.05) is 19.3 Å². The Balaban J connectivity index is 4.33. The quantitative estimate of drug-likeness (QED) is 0.0262. The third kappa shape index (κ3) is 54.3. The van der Waals surface area contributed by atoms with Gasteiger partial charge in [-0.25, -0.2) is 0 Å². The molecule has 396 valence electrons. The van der Waals surface area contributed by atoms with E-state index in [1.807, 2.05) is 0 Å². The first-order valence-electron chi connectivity index (χ1n) is 29.6. The van der Waals surface area contributed by atoms with Gasteiger partial charge in [0.25, 0.3) is 0 Å². The molecule has 1 unspecified atom stereocenters. The van der Waals surface area contributed by atoms with Crippen LogP contribution >= 0.6 is 0 Å². The Morgan fingerprint density at radius 2 is 0.529 bits per heavy atom. The number of allylic oxidation sites excluding steroid dienone is 8. The van der Waals surface area contributed by atoms with Crippen molar-refractivity contribution in [1.29, 1.82) is 0 Å². The molecule has 0 radical (unpaired) electrons. The Morgan fingerprint density at radius 3 is 0.838 bits per heavy atom. The third-order valence-electron chi connectivity index (χ3n) is 13.1. The van der Waals surface area contributed by atoms with Crippen LogP contribution in [0.3, 0.4) is 0 Å². The smallest absolute Gasteiger partial charge is 0.306 e. The fourth-order valence-corrected chi connectivity index (χ4v) is 8.56. The highest BCUT2D eigenvalue weighted by atomic mass is 16.6. The predicted octanol–water partition coefficient (Wildman–Crippen LogP) is 19.8. The number of carbonyl (C=O) groups excluding carboxylic acids is 3. The van der Waals surface area contributed by atoms with Crippen molar-refractivity contribution in [3.05, 3.63) is 48.6 Å². The lowest BCUT2D eigenvalue weighted by molar-refractivity contribution is -0.167. The number of ether oxygens (including phenoxy) is 3. The zero-order valence-electron chi connectivity index (χ0n) is 45.4. The highest BCUT2D eigenvalue weighted by molar-refractivity contribution is 5.71. The van der Waals surface area contributed by atoms with Crippen molar-refractivity contribution in [2.24, 2.45) is 0 Å². The van der Waals surface area contributed by atoms with Gasteiger partial charge < -0.3 is 14.2 Å². The molecule has 0 spiro atoms. The summed E-state index contributed by atoms with van der Waals surface area (Å²) in [4.78, 5) is 38.1. The average Bonchev–Trinajstić information content (AvgIpc) is 3.34. The van der Waals surface area contributed by atoms with E-state index in [0.29, 0.717) is 19.3 Å². The van der Waals surface area contributed by atoms with E-state index in [-0.39, 0.29) is 31.1 Å². The van der Waals surface area contributed by atoms with Gasteiger partial charge in [-0.1, -0.05) is 256 Å². The molecule has 0 aliphatic carbocycles. The summed E-state index contributed by atoms with van der Waals surface area (Å²) in [5.41, 5.74) is 0. The lowest BCUT2D eigenvalue weighted by atomic mass is 10.1. The summed E-state index contributed by atoms with van der Waals surface area (Å²) < 4.78 is 16.9. The van der Waals surface area contributed by atoms with Crippen LogP contribution in [-0.2, 0) is 28.6 Å².